The van der Waals surface area contributed by atoms with E-state index in [-0.39, 0.29) is 6.61 Å². The van der Waals surface area contributed by atoms with Crippen LogP contribution in [0, 0.1) is 0 Å². The normalized spacial score (nSPS) is 9.41. The third kappa shape index (κ3) is 5.02. The van der Waals surface area contributed by atoms with Crippen LogP contribution < -0.4 is 5.46 Å². The molecule has 0 heterocycles. The van der Waals surface area contributed by atoms with Crippen LogP contribution in [0.25, 0.3) is 0 Å². The molecule has 0 unspecified atom stereocenters. The second-order valence-electron chi connectivity index (χ2n) is 3.22. The summed E-state index contributed by atoms with van der Waals surface area (Å²) < 4.78 is 9.38. The minimum Gasteiger partial charge on any atom is -0.458 e. The van der Waals surface area contributed by atoms with Gasteiger partial charge < -0.3 is 9.47 Å². The Bertz CT molecular complexity index is 428. The molecule has 0 saturated heterocycles. The lowest BCUT2D eigenvalue weighted by molar-refractivity contribution is -0.157. The molecule has 1 aromatic carbocycles. The average molecular weight is 230 g/mol. The molecule has 1 aromatic rings. The summed E-state index contributed by atoms with van der Waals surface area (Å²) in [5.41, 5.74) is 1.37. The Balaban J connectivity index is 2.33. The van der Waals surface area contributed by atoms with E-state index in [0.717, 1.165) is 11.6 Å². The SMILES string of the molecule is [B]c1cccc(COC(=O)COC(=O)C=C)c1. The van der Waals surface area contributed by atoms with Gasteiger partial charge in [-0.1, -0.05) is 36.3 Å². The molecular weight excluding hydrogens is 219 g/mol. The molecule has 0 N–H and O–H groups in total. The average Bonchev–Trinajstić information content (AvgIpc) is 2.33. The van der Waals surface area contributed by atoms with E-state index < -0.39 is 18.5 Å². The Hall–Kier alpha value is -2.04. The number of hydrogen-bond donors (Lipinski definition) is 0. The van der Waals surface area contributed by atoms with Crippen molar-refractivity contribution in [3.63, 3.8) is 0 Å². The highest BCUT2D eigenvalue weighted by atomic mass is 16.6. The molecule has 0 amide bonds. The van der Waals surface area contributed by atoms with Gasteiger partial charge in [-0.3, -0.25) is 0 Å². The number of esters is 2. The highest BCUT2D eigenvalue weighted by Gasteiger charge is 2.06. The number of ether oxygens (including phenoxy) is 2. The summed E-state index contributed by atoms with van der Waals surface area (Å²) in [6, 6.07) is 6.97. The summed E-state index contributed by atoms with van der Waals surface area (Å²) in [6.45, 7) is 2.87. The van der Waals surface area contributed by atoms with Gasteiger partial charge in [0.05, 0.1) is 0 Å². The van der Waals surface area contributed by atoms with Crippen molar-refractivity contribution in [2.75, 3.05) is 6.61 Å². The molecule has 2 radical (unpaired) electrons. The van der Waals surface area contributed by atoms with Crippen molar-refractivity contribution in [3.05, 3.63) is 42.5 Å². The van der Waals surface area contributed by atoms with Gasteiger partial charge in [-0.25, -0.2) is 9.59 Å². The van der Waals surface area contributed by atoms with Crippen molar-refractivity contribution >= 4 is 25.2 Å². The summed E-state index contributed by atoms with van der Waals surface area (Å²) in [7, 11) is 5.56. The van der Waals surface area contributed by atoms with Crippen molar-refractivity contribution in [1.82, 2.24) is 0 Å². The maximum atomic E-state index is 11.2. The van der Waals surface area contributed by atoms with E-state index in [1.54, 1.807) is 24.3 Å². The second-order valence-corrected chi connectivity index (χ2v) is 3.22. The summed E-state index contributed by atoms with van der Waals surface area (Å²) in [5.74, 6) is -1.28. The zero-order valence-corrected chi connectivity index (χ0v) is 9.22. The van der Waals surface area contributed by atoms with Crippen LogP contribution in [-0.4, -0.2) is 26.4 Å². The first-order valence-corrected chi connectivity index (χ1v) is 4.91. The fraction of sp³-hybridized carbons (Fsp3) is 0.167. The summed E-state index contributed by atoms with van der Waals surface area (Å²) in [6.07, 6.45) is 0.977. The molecular formula is C12H11BO4. The number of rotatable bonds is 5. The zero-order valence-electron chi connectivity index (χ0n) is 9.22. The van der Waals surface area contributed by atoms with Crippen LogP contribution in [0.1, 0.15) is 5.56 Å². The molecule has 1 rings (SSSR count). The first kappa shape index (κ1) is 13.0. The van der Waals surface area contributed by atoms with E-state index >= 15 is 0 Å². The third-order valence-corrected chi connectivity index (χ3v) is 1.85. The summed E-state index contributed by atoms with van der Waals surface area (Å²) in [5, 5.41) is 0. The van der Waals surface area contributed by atoms with Gasteiger partial charge >= 0.3 is 11.9 Å². The fourth-order valence-corrected chi connectivity index (χ4v) is 1.08. The molecule has 86 valence electrons. The number of carbonyl (C=O) groups is 2. The molecule has 0 aliphatic rings. The number of carbonyl (C=O) groups excluding carboxylic acids is 2. The fourth-order valence-electron chi connectivity index (χ4n) is 1.08. The van der Waals surface area contributed by atoms with Crippen molar-refractivity contribution in [1.29, 1.82) is 0 Å². The van der Waals surface area contributed by atoms with Crippen LogP contribution in [0.2, 0.25) is 0 Å². The van der Waals surface area contributed by atoms with Crippen LogP contribution >= 0.6 is 0 Å². The Morgan fingerprint density at radius 2 is 2.12 bits per heavy atom. The summed E-state index contributed by atoms with van der Waals surface area (Å²) >= 11 is 0. The monoisotopic (exact) mass is 230 g/mol. The molecule has 0 aliphatic carbocycles. The van der Waals surface area contributed by atoms with Crippen molar-refractivity contribution in [2.45, 2.75) is 6.61 Å². The largest absolute Gasteiger partial charge is 0.458 e. The van der Waals surface area contributed by atoms with Crippen LogP contribution in [0.3, 0.4) is 0 Å². The number of hydrogen-bond acceptors (Lipinski definition) is 4. The molecule has 17 heavy (non-hydrogen) atoms. The van der Waals surface area contributed by atoms with E-state index in [1.807, 2.05) is 0 Å². The minimum absolute atomic E-state index is 0.0928. The van der Waals surface area contributed by atoms with Crippen LogP contribution in [0.15, 0.2) is 36.9 Å². The van der Waals surface area contributed by atoms with Crippen LogP contribution in [0.4, 0.5) is 0 Å². The molecule has 0 bridgehead atoms. The van der Waals surface area contributed by atoms with Gasteiger partial charge in [0.15, 0.2) is 6.61 Å². The highest BCUT2D eigenvalue weighted by molar-refractivity contribution is 6.32. The molecule has 0 aliphatic heterocycles. The predicted molar refractivity (Wildman–Crippen MR) is 62.8 cm³/mol. The van der Waals surface area contributed by atoms with Crippen molar-refractivity contribution in [2.24, 2.45) is 0 Å². The van der Waals surface area contributed by atoms with Gasteiger partial charge in [-0.15, -0.1) is 0 Å². The zero-order chi connectivity index (χ0) is 12.7. The van der Waals surface area contributed by atoms with Crippen molar-refractivity contribution < 1.29 is 19.1 Å². The molecule has 0 fully saturated rings. The van der Waals surface area contributed by atoms with Gasteiger partial charge in [-0.05, 0) is 5.56 Å². The Labute approximate surface area is 101 Å². The maximum Gasteiger partial charge on any atom is 0.344 e. The lowest BCUT2D eigenvalue weighted by Gasteiger charge is -2.05. The standard InChI is InChI=1S/C12H11BO4/c1-2-11(14)17-8-12(15)16-7-9-4-3-5-10(13)6-9/h2-6H,1,7-8H2. The third-order valence-electron chi connectivity index (χ3n) is 1.85. The molecule has 5 heteroatoms. The molecule has 0 aromatic heterocycles. The van der Waals surface area contributed by atoms with Gasteiger partial charge in [-0.2, -0.15) is 0 Å². The molecule has 4 nitrogen and oxygen atoms in total. The van der Waals surface area contributed by atoms with E-state index in [9.17, 15) is 9.59 Å². The molecule has 0 atom stereocenters. The van der Waals surface area contributed by atoms with E-state index in [1.165, 1.54) is 0 Å². The van der Waals surface area contributed by atoms with Crippen molar-refractivity contribution in [3.8, 4) is 0 Å². The van der Waals surface area contributed by atoms with E-state index in [4.69, 9.17) is 12.6 Å². The highest BCUT2D eigenvalue weighted by Crippen LogP contribution is 1.99. The maximum absolute atomic E-state index is 11.2. The van der Waals surface area contributed by atoms with E-state index in [0.29, 0.717) is 5.46 Å². The van der Waals surface area contributed by atoms with Gasteiger partial charge in [0.1, 0.15) is 14.5 Å². The molecule has 0 spiro atoms. The Kier molecular flexibility index (Phi) is 5.00. The summed E-state index contributed by atoms with van der Waals surface area (Å²) in [4.78, 5) is 21.8. The van der Waals surface area contributed by atoms with Gasteiger partial charge in [0.25, 0.3) is 0 Å². The quantitative estimate of drug-likeness (QED) is 0.413. The van der Waals surface area contributed by atoms with Gasteiger partial charge in [0, 0.05) is 6.08 Å². The van der Waals surface area contributed by atoms with Gasteiger partial charge in [0.2, 0.25) is 0 Å². The Morgan fingerprint density at radius 3 is 2.76 bits per heavy atom. The van der Waals surface area contributed by atoms with Crippen LogP contribution in [0.5, 0.6) is 0 Å². The lowest BCUT2D eigenvalue weighted by Crippen LogP contribution is -2.15. The first-order chi connectivity index (χ1) is 8.11. The van der Waals surface area contributed by atoms with E-state index in [2.05, 4.69) is 11.3 Å². The lowest BCUT2D eigenvalue weighted by atomic mass is 9.95. The molecule has 0 saturated carbocycles. The Morgan fingerprint density at radius 1 is 1.35 bits per heavy atom. The topological polar surface area (TPSA) is 52.6 Å². The van der Waals surface area contributed by atoms with Crippen LogP contribution in [-0.2, 0) is 25.7 Å². The first-order valence-electron chi connectivity index (χ1n) is 4.91. The minimum atomic E-state index is -0.661. The number of benzene rings is 1. The smallest absolute Gasteiger partial charge is 0.344 e. The second kappa shape index (κ2) is 6.53. The predicted octanol–water partition coefficient (Wildman–Crippen LogP) is 0.253.